The minimum Gasteiger partial charge on any atom is -0.390 e. The molecule has 0 aromatic carbocycles. The van der Waals surface area contributed by atoms with Gasteiger partial charge in [0.1, 0.15) is 19.0 Å². The molecule has 0 saturated carbocycles. The Morgan fingerprint density at radius 2 is 2.31 bits per heavy atom. The maximum absolute atomic E-state index is 9.65. The molecule has 2 aliphatic rings. The second-order valence-electron chi connectivity index (χ2n) is 2.95. The summed E-state index contributed by atoms with van der Waals surface area (Å²) in [4.78, 5) is 2.64. The van der Waals surface area contributed by atoms with Gasteiger partial charge in [0.25, 0.3) is 0 Å². The largest absolute Gasteiger partial charge is 0.390 e. The fourth-order valence-electron chi connectivity index (χ4n) is 1.54. The third kappa shape index (κ3) is 1.40. The van der Waals surface area contributed by atoms with Crippen LogP contribution in [0.1, 0.15) is 0 Å². The molecule has 6 nitrogen and oxygen atoms in total. The van der Waals surface area contributed by atoms with Crippen molar-refractivity contribution in [1.29, 1.82) is 0 Å². The first-order valence-corrected chi connectivity index (χ1v) is 3.97. The molecule has 13 heavy (non-hydrogen) atoms. The van der Waals surface area contributed by atoms with E-state index in [0.717, 1.165) is 0 Å². The zero-order chi connectivity index (χ0) is 9.26. The van der Waals surface area contributed by atoms with Gasteiger partial charge < -0.3 is 14.6 Å². The van der Waals surface area contributed by atoms with Crippen LogP contribution in [0.25, 0.3) is 10.4 Å². The van der Waals surface area contributed by atoms with Crippen molar-refractivity contribution in [3.63, 3.8) is 0 Å². The Labute approximate surface area is 74.4 Å². The van der Waals surface area contributed by atoms with Crippen molar-refractivity contribution in [3.8, 4) is 0 Å². The molecule has 1 fully saturated rings. The molecule has 0 bridgehead atoms. The number of azide groups is 1. The molecule has 1 aliphatic heterocycles. The highest BCUT2D eigenvalue weighted by Gasteiger charge is 2.39. The Morgan fingerprint density at radius 1 is 1.46 bits per heavy atom. The number of aliphatic hydroxyl groups is 1. The van der Waals surface area contributed by atoms with Crippen LogP contribution in [0.5, 0.6) is 0 Å². The van der Waals surface area contributed by atoms with Gasteiger partial charge >= 0.3 is 0 Å². The molecule has 1 N–H and O–H groups in total. The lowest BCUT2D eigenvalue weighted by Gasteiger charge is -2.27. The van der Waals surface area contributed by atoms with Crippen LogP contribution in [0.15, 0.2) is 17.3 Å². The first-order valence-electron chi connectivity index (χ1n) is 3.97. The van der Waals surface area contributed by atoms with E-state index in [9.17, 15) is 5.11 Å². The standard InChI is InChI=1S/C7H9N3O3/c8-10-9-4-1-2-5-7(6(4)11)13-3-12-5/h1-2,4-7,11H,3H2/t4-,5-,6-,7-/m1/s1. The third-order valence-electron chi connectivity index (χ3n) is 2.21. The zero-order valence-electron chi connectivity index (χ0n) is 6.78. The number of aliphatic hydroxyl groups excluding tert-OH is 1. The van der Waals surface area contributed by atoms with Gasteiger partial charge in [-0.2, -0.15) is 0 Å². The Bertz CT molecular complexity index is 274. The monoisotopic (exact) mass is 183 g/mol. The van der Waals surface area contributed by atoms with Crippen LogP contribution in [0.4, 0.5) is 0 Å². The van der Waals surface area contributed by atoms with E-state index in [2.05, 4.69) is 10.0 Å². The zero-order valence-corrected chi connectivity index (χ0v) is 6.78. The van der Waals surface area contributed by atoms with Crippen molar-refractivity contribution < 1.29 is 14.6 Å². The first-order chi connectivity index (χ1) is 6.33. The number of hydrogen-bond donors (Lipinski definition) is 1. The average molecular weight is 183 g/mol. The van der Waals surface area contributed by atoms with Crippen LogP contribution in [-0.2, 0) is 9.47 Å². The summed E-state index contributed by atoms with van der Waals surface area (Å²) >= 11 is 0. The maximum Gasteiger partial charge on any atom is 0.148 e. The van der Waals surface area contributed by atoms with Gasteiger partial charge in [0.2, 0.25) is 0 Å². The second kappa shape index (κ2) is 3.35. The highest BCUT2D eigenvalue weighted by atomic mass is 16.7. The van der Waals surface area contributed by atoms with Crippen molar-refractivity contribution in [2.24, 2.45) is 5.11 Å². The summed E-state index contributed by atoms with van der Waals surface area (Å²) in [6.45, 7) is 0.180. The first kappa shape index (κ1) is 8.52. The van der Waals surface area contributed by atoms with Crippen LogP contribution in [-0.4, -0.2) is 36.3 Å². The van der Waals surface area contributed by atoms with Crippen molar-refractivity contribution in [3.05, 3.63) is 22.6 Å². The van der Waals surface area contributed by atoms with Gasteiger partial charge in [0, 0.05) is 4.91 Å². The number of nitrogens with zero attached hydrogens (tertiary/aromatic N) is 3. The molecule has 2 rings (SSSR count). The molecule has 0 amide bonds. The van der Waals surface area contributed by atoms with E-state index in [4.69, 9.17) is 15.0 Å². The molecule has 0 spiro atoms. The molecule has 0 aromatic rings. The topological polar surface area (TPSA) is 87.5 Å². The summed E-state index contributed by atoms with van der Waals surface area (Å²) < 4.78 is 10.3. The normalized spacial score (nSPS) is 42.5. The number of rotatable bonds is 1. The third-order valence-corrected chi connectivity index (χ3v) is 2.21. The molecule has 6 heteroatoms. The predicted octanol–water partition coefficient (Wildman–Crippen LogP) is 0.337. The highest BCUT2D eigenvalue weighted by molar-refractivity contribution is 5.12. The Morgan fingerprint density at radius 3 is 3.08 bits per heavy atom. The minimum absolute atomic E-state index is 0.180. The van der Waals surface area contributed by atoms with E-state index in [0.29, 0.717) is 0 Å². The molecule has 1 saturated heterocycles. The van der Waals surface area contributed by atoms with E-state index >= 15 is 0 Å². The van der Waals surface area contributed by atoms with Crippen LogP contribution < -0.4 is 0 Å². The van der Waals surface area contributed by atoms with E-state index in [1.807, 2.05) is 0 Å². The quantitative estimate of drug-likeness (QED) is 0.275. The van der Waals surface area contributed by atoms with Crippen molar-refractivity contribution in [2.45, 2.75) is 24.4 Å². The van der Waals surface area contributed by atoms with Gasteiger partial charge in [0.15, 0.2) is 0 Å². The van der Waals surface area contributed by atoms with Gasteiger partial charge in [0.05, 0.1) is 12.1 Å². The number of hydrogen-bond acceptors (Lipinski definition) is 4. The van der Waals surface area contributed by atoms with Crippen LogP contribution in [0, 0.1) is 0 Å². The SMILES string of the molecule is [N-]=[N+]=N[C@@H]1C=C[C@H]2OCO[C@H]2[C@@H]1O. The molecule has 0 radical (unpaired) electrons. The van der Waals surface area contributed by atoms with Crippen LogP contribution >= 0.6 is 0 Å². The van der Waals surface area contributed by atoms with Crippen LogP contribution in [0.3, 0.4) is 0 Å². The molecular weight excluding hydrogens is 174 g/mol. The summed E-state index contributed by atoms with van der Waals surface area (Å²) in [5.74, 6) is 0. The Kier molecular flexibility index (Phi) is 2.20. The summed E-state index contributed by atoms with van der Waals surface area (Å²) in [6, 6.07) is -0.548. The highest BCUT2D eigenvalue weighted by Crippen LogP contribution is 2.25. The van der Waals surface area contributed by atoms with Gasteiger partial charge in [-0.25, -0.2) is 0 Å². The van der Waals surface area contributed by atoms with Crippen LogP contribution in [0.2, 0.25) is 0 Å². The molecule has 0 unspecified atom stereocenters. The summed E-state index contributed by atoms with van der Waals surface area (Å²) in [5.41, 5.74) is 8.22. The lowest BCUT2D eigenvalue weighted by atomic mass is 9.95. The van der Waals surface area contributed by atoms with Gasteiger partial charge in [-0.05, 0) is 5.53 Å². The molecule has 70 valence electrons. The Balaban J connectivity index is 2.19. The average Bonchev–Trinajstić information content (AvgIpc) is 2.58. The van der Waals surface area contributed by atoms with Gasteiger partial charge in [-0.15, -0.1) is 0 Å². The van der Waals surface area contributed by atoms with E-state index in [1.165, 1.54) is 0 Å². The van der Waals surface area contributed by atoms with E-state index in [1.54, 1.807) is 12.2 Å². The van der Waals surface area contributed by atoms with Crippen molar-refractivity contribution in [1.82, 2.24) is 0 Å². The fraction of sp³-hybridized carbons (Fsp3) is 0.714. The lowest BCUT2D eigenvalue weighted by Crippen LogP contribution is -2.43. The van der Waals surface area contributed by atoms with Gasteiger partial charge in [-0.3, -0.25) is 0 Å². The van der Waals surface area contributed by atoms with E-state index < -0.39 is 18.2 Å². The fourth-order valence-corrected chi connectivity index (χ4v) is 1.54. The summed E-state index contributed by atoms with van der Waals surface area (Å²) in [6.07, 6.45) is 1.97. The lowest BCUT2D eigenvalue weighted by molar-refractivity contribution is -0.0167. The summed E-state index contributed by atoms with van der Waals surface area (Å²) in [5, 5.41) is 13.1. The van der Waals surface area contributed by atoms with Gasteiger partial charge in [-0.1, -0.05) is 17.3 Å². The molecule has 0 aromatic heterocycles. The molecule has 4 atom stereocenters. The van der Waals surface area contributed by atoms with Crippen molar-refractivity contribution >= 4 is 0 Å². The smallest absolute Gasteiger partial charge is 0.148 e. The number of ether oxygens (including phenoxy) is 2. The molecule has 1 heterocycles. The second-order valence-corrected chi connectivity index (χ2v) is 2.95. The molecule has 1 aliphatic carbocycles. The number of fused-ring (bicyclic) bond motifs is 1. The predicted molar refractivity (Wildman–Crippen MR) is 42.7 cm³/mol. The van der Waals surface area contributed by atoms with E-state index in [-0.39, 0.29) is 12.9 Å². The maximum atomic E-state index is 9.65. The van der Waals surface area contributed by atoms with Crippen molar-refractivity contribution in [2.75, 3.05) is 6.79 Å². The minimum atomic E-state index is -0.812. The summed E-state index contributed by atoms with van der Waals surface area (Å²) in [7, 11) is 0. The Hall–Kier alpha value is -1.07. The molecular formula is C7H9N3O3.